The van der Waals surface area contributed by atoms with Gasteiger partial charge in [-0.1, -0.05) is 25.2 Å². The number of amides is 1. The van der Waals surface area contributed by atoms with Gasteiger partial charge in [-0.15, -0.1) is 10.2 Å². The summed E-state index contributed by atoms with van der Waals surface area (Å²) in [6.45, 7) is 4.07. The molecule has 106 valence electrons. The molecule has 0 radical (unpaired) electrons. The zero-order chi connectivity index (χ0) is 14.8. The van der Waals surface area contributed by atoms with Gasteiger partial charge in [-0.2, -0.15) is 0 Å². The molecule has 3 aromatic rings. The summed E-state index contributed by atoms with van der Waals surface area (Å²) < 4.78 is 0. The summed E-state index contributed by atoms with van der Waals surface area (Å²) in [5.74, 6) is 0.0677. The van der Waals surface area contributed by atoms with Gasteiger partial charge < -0.3 is 0 Å². The lowest BCUT2D eigenvalue weighted by molar-refractivity contribution is 0.102. The molecule has 2 aromatic heterocycles. The number of aromatic nitrogens is 4. The lowest BCUT2D eigenvalue weighted by Crippen LogP contribution is -2.11. The molecule has 2 heterocycles. The third-order valence-electron chi connectivity index (χ3n) is 2.89. The Labute approximate surface area is 125 Å². The molecular formula is C14H13N5OS. The van der Waals surface area contributed by atoms with Gasteiger partial charge in [0.15, 0.2) is 0 Å². The van der Waals surface area contributed by atoms with Crippen molar-refractivity contribution in [3.63, 3.8) is 0 Å². The topological polar surface area (TPSA) is 80.7 Å². The number of nitrogens with zero attached hydrogens (tertiary/aromatic N) is 4. The van der Waals surface area contributed by atoms with Crippen LogP contribution in [-0.4, -0.2) is 26.1 Å². The van der Waals surface area contributed by atoms with Gasteiger partial charge >= 0.3 is 0 Å². The summed E-state index contributed by atoms with van der Waals surface area (Å²) in [4.78, 5) is 20.6. The van der Waals surface area contributed by atoms with E-state index in [-0.39, 0.29) is 5.91 Å². The maximum absolute atomic E-state index is 12.2. The van der Waals surface area contributed by atoms with E-state index in [0.29, 0.717) is 22.1 Å². The average molecular weight is 299 g/mol. The minimum Gasteiger partial charge on any atom is -0.296 e. The smallest absolute Gasteiger partial charge is 0.257 e. The van der Waals surface area contributed by atoms with Crippen molar-refractivity contribution in [3.8, 4) is 0 Å². The zero-order valence-electron chi connectivity index (χ0n) is 11.6. The second-order valence-corrected chi connectivity index (χ2v) is 5.82. The van der Waals surface area contributed by atoms with E-state index in [1.807, 2.05) is 13.8 Å². The van der Waals surface area contributed by atoms with Gasteiger partial charge in [0.1, 0.15) is 5.01 Å². The standard InChI is InChI=1S/C14H13N5OS/c1-8(2)13-18-19-14(21-13)17-12(20)9-3-4-10-11(7-9)16-6-5-15-10/h3-8H,1-2H3,(H,17,19,20). The number of carbonyl (C=O) groups excluding carboxylic acids is 1. The fraction of sp³-hybridized carbons (Fsp3) is 0.214. The summed E-state index contributed by atoms with van der Waals surface area (Å²) in [6, 6.07) is 5.20. The fourth-order valence-electron chi connectivity index (χ4n) is 1.79. The van der Waals surface area contributed by atoms with Crippen molar-refractivity contribution in [2.75, 3.05) is 5.32 Å². The molecule has 1 N–H and O–H groups in total. The van der Waals surface area contributed by atoms with E-state index in [9.17, 15) is 4.79 Å². The molecule has 0 aliphatic heterocycles. The van der Waals surface area contributed by atoms with Crippen LogP contribution in [0.4, 0.5) is 5.13 Å². The van der Waals surface area contributed by atoms with Crippen LogP contribution in [0.2, 0.25) is 0 Å². The molecule has 0 atom stereocenters. The van der Waals surface area contributed by atoms with Crippen LogP contribution < -0.4 is 5.32 Å². The Morgan fingerprint density at radius 2 is 1.90 bits per heavy atom. The van der Waals surface area contributed by atoms with Crippen molar-refractivity contribution in [3.05, 3.63) is 41.2 Å². The third kappa shape index (κ3) is 2.87. The molecule has 0 aliphatic rings. The number of benzene rings is 1. The predicted molar refractivity (Wildman–Crippen MR) is 81.5 cm³/mol. The first-order chi connectivity index (χ1) is 10.1. The largest absolute Gasteiger partial charge is 0.296 e. The van der Waals surface area contributed by atoms with Gasteiger partial charge in [0.25, 0.3) is 5.91 Å². The highest BCUT2D eigenvalue weighted by molar-refractivity contribution is 7.15. The van der Waals surface area contributed by atoms with Gasteiger partial charge in [0, 0.05) is 23.9 Å². The Bertz CT molecular complexity index is 799. The van der Waals surface area contributed by atoms with Crippen molar-refractivity contribution < 1.29 is 4.79 Å². The van der Waals surface area contributed by atoms with E-state index in [0.717, 1.165) is 10.5 Å². The van der Waals surface area contributed by atoms with E-state index in [2.05, 4.69) is 25.5 Å². The molecule has 21 heavy (non-hydrogen) atoms. The Hall–Kier alpha value is -2.41. The molecular weight excluding hydrogens is 286 g/mol. The van der Waals surface area contributed by atoms with Gasteiger partial charge in [-0.05, 0) is 18.2 Å². The number of hydrogen-bond acceptors (Lipinski definition) is 6. The molecule has 3 rings (SSSR count). The van der Waals surface area contributed by atoms with E-state index in [4.69, 9.17) is 0 Å². The predicted octanol–water partition coefficient (Wildman–Crippen LogP) is 2.86. The molecule has 0 spiro atoms. The van der Waals surface area contributed by atoms with Crippen LogP contribution in [-0.2, 0) is 0 Å². The van der Waals surface area contributed by atoms with Crippen molar-refractivity contribution >= 4 is 33.4 Å². The van der Waals surface area contributed by atoms with Gasteiger partial charge in [-0.25, -0.2) is 0 Å². The molecule has 0 bridgehead atoms. The van der Waals surface area contributed by atoms with Crippen LogP contribution in [0.1, 0.15) is 35.1 Å². The van der Waals surface area contributed by atoms with Crippen LogP contribution >= 0.6 is 11.3 Å². The number of fused-ring (bicyclic) bond motifs is 1. The van der Waals surface area contributed by atoms with Crippen LogP contribution in [0, 0.1) is 0 Å². The molecule has 0 saturated heterocycles. The van der Waals surface area contributed by atoms with Crippen LogP contribution in [0.5, 0.6) is 0 Å². The summed E-state index contributed by atoms with van der Waals surface area (Å²) in [5, 5.41) is 12.2. The van der Waals surface area contributed by atoms with E-state index in [1.54, 1.807) is 30.6 Å². The number of hydrogen-bond donors (Lipinski definition) is 1. The fourth-order valence-corrected chi connectivity index (χ4v) is 2.53. The summed E-state index contributed by atoms with van der Waals surface area (Å²) in [6.07, 6.45) is 3.22. The van der Waals surface area contributed by atoms with E-state index in [1.165, 1.54) is 11.3 Å². The second kappa shape index (κ2) is 5.53. The lowest BCUT2D eigenvalue weighted by atomic mass is 10.2. The molecule has 0 unspecified atom stereocenters. The average Bonchev–Trinajstić information content (AvgIpc) is 2.95. The van der Waals surface area contributed by atoms with Crippen LogP contribution in [0.15, 0.2) is 30.6 Å². The van der Waals surface area contributed by atoms with Crippen molar-refractivity contribution in [1.29, 1.82) is 0 Å². The highest BCUT2D eigenvalue weighted by Crippen LogP contribution is 2.23. The summed E-state index contributed by atoms with van der Waals surface area (Å²) in [7, 11) is 0. The molecule has 6 nitrogen and oxygen atoms in total. The molecule has 0 saturated carbocycles. The van der Waals surface area contributed by atoms with Crippen LogP contribution in [0.3, 0.4) is 0 Å². The molecule has 0 aliphatic carbocycles. The maximum Gasteiger partial charge on any atom is 0.257 e. The summed E-state index contributed by atoms with van der Waals surface area (Å²) >= 11 is 1.39. The minimum atomic E-state index is -0.228. The van der Waals surface area contributed by atoms with Crippen molar-refractivity contribution in [2.24, 2.45) is 0 Å². The summed E-state index contributed by atoms with van der Waals surface area (Å²) in [5.41, 5.74) is 1.96. The first-order valence-corrected chi connectivity index (χ1v) is 7.30. The molecule has 7 heteroatoms. The Balaban J connectivity index is 1.82. The Morgan fingerprint density at radius 3 is 2.62 bits per heavy atom. The Kier molecular flexibility index (Phi) is 3.57. The van der Waals surface area contributed by atoms with E-state index >= 15 is 0 Å². The monoisotopic (exact) mass is 299 g/mol. The number of anilines is 1. The first kappa shape index (κ1) is 13.6. The highest BCUT2D eigenvalue weighted by Gasteiger charge is 2.12. The third-order valence-corrected chi connectivity index (χ3v) is 4.03. The van der Waals surface area contributed by atoms with Gasteiger partial charge in [0.05, 0.1) is 11.0 Å². The maximum atomic E-state index is 12.2. The van der Waals surface area contributed by atoms with Crippen molar-refractivity contribution in [1.82, 2.24) is 20.2 Å². The molecule has 0 fully saturated rings. The minimum absolute atomic E-state index is 0.228. The second-order valence-electron chi connectivity index (χ2n) is 4.81. The molecule has 1 amide bonds. The molecule has 1 aromatic carbocycles. The quantitative estimate of drug-likeness (QED) is 0.804. The van der Waals surface area contributed by atoms with E-state index < -0.39 is 0 Å². The van der Waals surface area contributed by atoms with Gasteiger partial charge in [-0.3, -0.25) is 20.1 Å². The highest BCUT2D eigenvalue weighted by atomic mass is 32.1. The van der Waals surface area contributed by atoms with Crippen molar-refractivity contribution in [2.45, 2.75) is 19.8 Å². The normalized spacial score (nSPS) is 11.0. The first-order valence-electron chi connectivity index (χ1n) is 6.49. The zero-order valence-corrected chi connectivity index (χ0v) is 12.4. The Morgan fingerprint density at radius 1 is 1.14 bits per heavy atom. The number of nitrogens with one attached hydrogen (secondary N) is 1. The van der Waals surface area contributed by atoms with Crippen LogP contribution in [0.25, 0.3) is 11.0 Å². The lowest BCUT2D eigenvalue weighted by Gasteiger charge is -2.02. The SMILES string of the molecule is CC(C)c1nnc(NC(=O)c2ccc3nccnc3c2)s1. The number of rotatable bonds is 3. The number of carbonyl (C=O) groups is 1. The van der Waals surface area contributed by atoms with Gasteiger partial charge in [0.2, 0.25) is 5.13 Å².